The molecule has 1 heterocycles. The summed E-state index contributed by atoms with van der Waals surface area (Å²) in [6.45, 7) is 3.00. The third-order valence-corrected chi connectivity index (χ3v) is 2.40. The van der Waals surface area contributed by atoms with E-state index in [0.29, 0.717) is 12.4 Å². The first-order chi connectivity index (χ1) is 9.08. The van der Waals surface area contributed by atoms with Crippen LogP contribution in [0.15, 0.2) is 12.4 Å². The number of carbonyl (C=O) groups excluding carboxylic acids is 1. The zero-order valence-electron chi connectivity index (χ0n) is 11.5. The van der Waals surface area contributed by atoms with E-state index in [1.165, 1.54) is 18.2 Å². The number of hydrogen-bond donors (Lipinski definition) is 2. The fourth-order valence-electron chi connectivity index (χ4n) is 1.57. The Morgan fingerprint density at radius 3 is 2.95 bits per heavy atom. The van der Waals surface area contributed by atoms with E-state index in [-0.39, 0.29) is 24.8 Å². The molecule has 1 aromatic rings. The number of hydrogen-bond acceptors (Lipinski definition) is 6. The topological polar surface area (TPSA) is 87.6 Å². The Labute approximate surface area is 112 Å². The van der Waals surface area contributed by atoms with Crippen molar-refractivity contribution < 1.29 is 14.6 Å². The van der Waals surface area contributed by atoms with Crippen molar-refractivity contribution in [1.82, 2.24) is 14.9 Å². The van der Waals surface area contributed by atoms with E-state index < -0.39 is 6.10 Å². The van der Waals surface area contributed by atoms with Crippen molar-refractivity contribution in [3.05, 3.63) is 18.1 Å². The Bertz CT molecular complexity index is 414. The summed E-state index contributed by atoms with van der Waals surface area (Å²) in [5.41, 5.74) is 0.241. The smallest absolute Gasteiger partial charge is 0.273 e. The number of methoxy groups -OCH3 is 1. The van der Waals surface area contributed by atoms with Crippen molar-refractivity contribution in [1.29, 1.82) is 0 Å². The summed E-state index contributed by atoms with van der Waals surface area (Å²) < 4.78 is 4.82. The number of rotatable bonds is 7. The molecule has 0 aliphatic carbocycles. The lowest BCUT2D eigenvalue weighted by Gasteiger charge is -2.20. The molecule has 1 rings (SSSR count). The molecule has 0 fully saturated rings. The minimum absolute atomic E-state index is 0.180. The molecule has 1 unspecified atom stereocenters. The molecule has 106 valence electrons. The van der Waals surface area contributed by atoms with Crippen LogP contribution in [0.5, 0.6) is 0 Å². The van der Waals surface area contributed by atoms with Crippen LogP contribution in [0.25, 0.3) is 0 Å². The Balaban J connectivity index is 2.68. The molecule has 0 saturated heterocycles. The monoisotopic (exact) mass is 268 g/mol. The van der Waals surface area contributed by atoms with Gasteiger partial charge in [0.05, 0.1) is 25.1 Å². The Morgan fingerprint density at radius 2 is 2.32 bits per heavy atom. The van der Waals surface area contributed by atoms with Crippen LogP contribution in [0.4, 0.5) is 5.82 Å². The van der Waals surface area contributed by atoms with Crippen LogP contribution >= 0.6 is 0 Å². The molecule has 1 amide bonds. The van der Waals surface area contributed by atoms with Gasteiger partial charge in [0.2, 0.25) is 0 Å². The van der Waals surface area contributed by atoms with Gasteiger partial charge < -0.3 is 20.1 Å². The highest BCUT2D eigenvalue weighted by Gasteiger charge is 2.17. The minimum Gasteiger partial charge on any atom is -0.389 e. The largest absolute Gasteiger partial charge is 0.389 e. The molecular weight excluding hydrogens is 248 g/mol. The zero-order chi connectivity index (χ0) is 14.3. The van der Waals surface area contributed by atoms with Crippen molar-refractivity contribution in [2.45, 2.75) is 13.0 Å². The van der Waals surface area contributed by atoms with Gasteiger partial charge in [0.25, 0.3) is 5.91 Å². The molecule has 0 spiro atoms. The minimum atomic E-state index is -0.719. The molecule has 0 radical (unpaired) electrons. The third kappa shape index (κ3) is 4.80. The number of likely N-dealkylation sites (N-methyl/N-ethyl adjacent to an activating group) is 1. The van der Waals surface area contributed by atoms with Crippen LogP contribution in [-0.4, -0.2) is 65.8 Å². The van der Waals surface area contributed by atoms with Crippen LogP contribution in [0.3, 0.4) is 0 Å². The van der Waals surface area contributed by atoms with Crippen LogP contribution in [-0.2, 0) is 4.74 Å². The number of anilines is 1. The first kappa shape index (κ1) is 15.3. The van der Waals surface area contributed by atoms with E-state index in [9.17, 15) is 9.90 Å². The summed E-state index contributed by atoms with van der Waals surface area (Å²) in [6.07, 6.45) is 2.24. The zero-order valence-corrected chi connectivity index (χ0v) is 11.5. The first-order valence-corrected chi connectivity index (χ1v) is 6.06. The van der Waals surface area contributed by atoms with Crippen molar-refractivity contribution in [2.75, 3.05) is 39.2 Å². The van der Waals surface area contributed by atoms with Gasteiger partial charge in [-0.15, -0.1) is 0 Å². The van der Waals surface area contributed by atoms with E-state index in [4.69, 9.17) is 4.74 Å². The Kier molecular flexibility index (Phi) is 6.17. The quantitative estimate of drug-likeness (QED) is 0.723. The molecule has 0 aliphatic rings. The van der Waals surface area contributed by atoms with Crippen molar-refractivity contribution >= 4 is 11.7 Å². The van der Waals surface area contributed by atoms with Crippen LogP contribution < -0.4 is 5.32 Å². The number of carbonyl (C=O) groups is 1. The summed E-state index contributed by atoms with van der Waals surface area (Å²) in [4.78, 5) is 21.6. The lowest BCUT2D eigenvalue weighted by Crippen LogP contribution is -2.36. The summed E-state index contributed by atoms with van der Waals surface area (Å²) in [6, 6.07) is 0. The maximum atomic E-state index is 12.1. The highest BCUT2D eigenvalue weighted by Crippen LogP contribution is 2.05. The van der Waals surface area contributed by atoms with Gasteiger partial charge in [0.15, 0.2) is 0 Å². The van der Waals surface area contributed by atoms with E-state index >= 15 is 0 Å². The molecule has 0 aliphatic heterocycles. The van der Waals surface area contributed by atoms with Crippen LogP contribution in [0.1, 0.15) is 17.4 Å². The first-order valence-electron chi connectivity index (χ1n) is 6.06. The van der Waals surface area contributed by atoms with Gasteiger partial charge in [-0.1, -0.05) is 0 Å². The predicted octanol–water partition coefficient (Wildman–Crippen LogP) is -0.0123. The normalized spacial score (nSPS) is 12.0. The second-order valence-corrected chi connectivity index (χ2v) is 4.11. The van der Waals surface area contributed by atoms with E-state index in [1.54, 1.807) is 13.2 Å². The molecule has 1 atom stereocenters. The highest BCUT2D eigenvalue weighted by molar-refractivity contribution is 5.92. The van der Waals surface area contributed by atoms with Crippen LogP contribution in [0.2, 0.25) is 0 Å². The number of aliphatic hydroxyl groups is 1. The van der Waals surface area contributed by atoms with Crippen molar-refractivity contribution in [2.24, 2.45) is 0 Å². The van der Waals surface area contributed by atoms with Gasteiger partial charge in [0.1, 0.15) is 11.5 Å². The van der Waals surface area contributed by atoms with Gasteiger partial charge >= 0.3 is 0 Å². The fraction of sp³-hybridized carbons (Fsp3) is 0.583. The van der Waals surface area contributed by atoms with Crippen LogP contribution in [0, 0.1) is 0 Å². The molecule has 0 bridgehead atoms. The molecule has 19 heavy (non-hydrogen) atoms. The van der Waals surface area contributed by atoms with Crippen molar-refractivity contribution in [3.8, 4) is 0 Å². The number of aromatic nitrogens is 2. The second kappa shape index (κ2) is 7.65. The van der Waals surface area contributed by atoms with Gasteiger partial charge in [-0.25, -0.2) is 4.98 Å². The summed E-state index contributed by atoms with van der Waals surface area (Å²) in [5, 5.41) is 12.6. The van der Waals surface area contributed by atoms with Gasteiger partial charge in [-0.2, -0.15) is 0 Å². The van der Waals surface area contributed by atoms with Gasteiger partial charge in [0, 0.05) is 27.2 Å². The van der Waals surface area contributed by atoms with Crippen molar-refractivity contribution in [3.63, 3.8) is 0 Å². The lowest BCUT2D eigenvalue weighted by atomic mass is 10.3. The molecule has 1 aromatic heterocycles. The van der Waals surface area contributed by atoms with E-state index in [0.717, 1.165) is 0 Å². The molecule has 0 aromatic carbocycles. The third-order valence-electron chi connectivity index (χ3n) is 2.40. The second-order valence-electron chi connectivity index (χ2n) is 4.11. The number of ether oxygens (including phenoxy) is 1. The number of aliphatic hydroxyl groups excluding tert-OH is 1. The Morgan fingerprint density at radius 1 is 1.58 bits per heavy atom. The maximum absolute atomic E-state index is 12.1. The van der Waals surface area contributed by atoms with Gasteiger partial charge in [-0.3, -0.25) is 9.78 Å². The van der Waals surface area contributed by atoms with E-state index in [2.05, 4.69) is 15.3 Å². The van der Waals surface area contributed by atoms with Gasteiger partial charge in [-0.05, 0) is 6.92 Å². The maximum Gasteiger partial charge on any atom is 0.273 e. The molecule has 7 heteroatoms. The fourth-order valence-corrected chi connectivity index (χ4v) is 1.57. The summed E-state index contributed by atoms with van der Waals surface area (Å²) in [5.74, 6) is 0.265. The predicted molar refractivity (Wildman–Crippen MR) is 71.0 cm³/mol. The molecule has 2 N–H and O–H groups in total. The summed E-state index contributed by atoms with van der Waals surface area (Å²) >= 11 is 0. The number of nitrogens with zero attached hydrogens (tertiary/aromatic N) is 3. The molecule has 7 nitrogen and oxygen atoms in total. The Hall–Kier alpha value is -1.73. The van der Waals surface area contributed by atoms with E-state index in [1.807, 2.05) is 6.92 Å². The number of nitrogens with one attached hydrogen (secondary N) is 1. The summed E-state index contributed by atoms with van der Waals surface area (Å²) in [7, 11) is 3.10. The molecular formula is C12H20N4O3. The average Bonchev–Trinajstić information content (AvgIpc) is 2.38. The molecule has 0 saturated carbocycles. The standard InChI is InChI=1S/C12H20N4O3/c1-4-14-11-6-13-5-10(15-11)12(18)16(2)7-9(17)8-19-3/h5-6,9,17H,4,7-8H2,1-3H3,(H,14,15). The SMILES string of the molecule is CCNc1cncc(C(=O)N(C)CC(O)COC)n1. The number of amides is 1. The average molecular weight is 268 g/mol. The highest BCUT2D eigenvalue weighted by atomic mass is 16.5. The lowest BCUT2D eigenvalue weighted by molar-refractivity contribution is 0.0378.